The highest BCUT2D eigenvalue weighted by atomic mass is 79.9. The summed E-state index contributed by atoms with van der Waals surface area (Å²) in [5, 5.41) is 7.92. The van der Waals surface area contributed by atoms with E-state index < -0.39 is 16.1 Å². The molecule has 3 aromatic carbocycles. The molecular weight excluding hydrogens is 430 g/mol. The van der Waals surface area contributed by atoms with Gasteiger partial charge in [0.05, 0.1) is 22.0 Å². The molecular formula is C19H16BrN3O3S. The highest BCUT2D eigenvalue weighted by Crippen LogP contribution is 2.29. The Morgan fingerprint density at radius 3 is 1.85 bits per heavy atom. The molecule has 0 spiro atoms. The minimum Gasteiger partial charge on any atom is -0.306 e. The summed E-state index contributed by atoms with van der Waals surface area (Å²) in [6.07, 6.45) is 0. The van der Waals surface area contributed by atoms with E-state index in [4.69, 9.17) is 5.14 Å². The van der Waals surface area contributed by atoms with Crippen LogP contribution in [0.3, 0.4) is 0 Å². The maximum atomic E-state index is 13.0. The van der Waals surface area contributed by atoms with Crippen LogP contribution in [0, 0.1) is 0 Å². The van der Waals surface area contributed by atoms with Gasteiger partial charge in [0, 0.05) is 4.47 Å². The van der Waals surface area contributed by atoms with Crippen LogP contribution < -0.4 is 15.4 Å². The zero-order valence-corrected chi connectivity index (χ0v) is 16.4. The molecule has 0 atom stereocenters. The quantitative estimate of drug-likeness (QED) is 0.620. The number of nitrogens with two attached hydrogens (primary N) is 1. The topological polar surface area (TPSA) is 92.5 Å². The molecule has 6 nitrogen and oxygen atoms in total. The van der Waals surface area contributed by atoms with Crippen molar-refractivity contribution in [3.05, 3.63) is 83.3 Å². The summed E-state index contributed by atoms with van der Waals surface area (Å²) in [4.78, 5) is 14.5. The molecule has 138 valence electrons. The molecule has 3 N–H and O–H groups in total. The van der Waals surface area contributed by atoms with Gasteiger partial charge in [-0.25, -0.2) is 18.4 Å². The van der Waals surface area contributed by atoms with E-state index in [-0.39, 0.29) is 4.90 Å². The molecule has 3 rings (SSSR count). The number of carbonyl (C=O) groups is 1. The van der Waals surface area contributed by atoms with Gasteiger partial charge in [0.15, 0.2) is 0 Å². The fourth-order valence-corrected chi connectivity index (χ4v) is 3.65. The van der Waals surface area contributed by atoms with Crippen molar-refractivity contribution in [2.45, 2.75) is 4.90 Å². The smallest absolute Gasteiger partial charge is 0.306 e. The summed E-state index contributed by atoms with van der Waals surface area (Å²) >= 11 is 3.28. The lowest BCUT2D eigenvalue weighted by Crippen LogP contribution is -2.30. The number of carbonyl (C=O) groups excluding carboxylic acids is 1. The third-order valence-corrected chi connectivity index (χ3v) is 5.31. The predicted octanol–water partition coefficient (Wildman–Crippen LogP) is 4.47. The van der Waals surface area contributed by atoms with Gasteiger partial charge in [0.25, 0.3) is 0 Å². The van der Waals surface area contributed by atoms with Crippen LogP contribution in [0.25, 0.3) is 0 Å². The molecule has 0 aliphatic rings. The van der Waals surface area contributed by atoms with Crippen LogP contribution in [0.15, 0.2) is 88.2 Å². The molecule has 0 aliphatic heterocycles. The van der Waals surface area contributed by atoms with Crippen molar-refractivity contribution >= 4 is 49.0 Å². The van der Waals surface area contributed by atoms with Crippen molar-refractivity contribution in [3.8, 4) is 0 Å². The number of para-hydroxylation sites is 2. The van der Waals surface area contributed by atoms with Crippen molar-refractivity contribution in [3.63, 3.8) is 0 Å². The number of urea groups is 1. The van der Waals surface area contributed by atoms with Gasteiger partial charge >= 0.3 is 6.03 Å². The van der Waals surface area contributed by atoms with Gasteiger partial charge in [0.1, 0.15) is 0 Å². The molecule has 8 heteroatoms. The molecule has 2 amide bonds. The van der Waals surface area contributed by atoms with Crippen LogP contribution in [-0.2, 0) is 10.0 Å². The Kier molecular flexibility index (Phi) is 5.59. The molecule has 0 bridgehead atoms. The SMILES string of the molecule is NS(=O)(=O)c1ccc(NC(=O)N(c2ccccc2)c2ccccc2)c(Br)c1. The number of rotatable bonds is 4. The van der Waals surface area contributed by atoms with Gasteiger partial charge in [0.2, 0.25) is 10.0 Å². The van der Waals surface area contributed by atoms with Crippen molar-refractivity contribution in [2.24, 2.45) is 5.14 Å². The highest BCUT2D eigenvalue weighted by molar-refractivity contribution is 9.10. The number of amides is 2. The molecule has 0 radical (unpaired) electrons. The van der Waals surface area contributed by atoms with E-state index in [1.165, 1.54) is 23.1 Å². The average Bonchev–Trinajstić information content (AvgIpc) is 2.64. The van der Waals surface area contributed by atoms with E-state index >= 15 is 0 Å². The third-order valence-electron chi connectivity index (χ3n) is 3.74. The molecule has 27 heavy (non-hydrogen) atoms. The number of hydrogen-bond donors (Lipinski definition) is 2. The first kappa shape index (κ1) is 19.1. The largest absolute Gasteiger partial charge is 0.330 e. The minimum atomic E-state index is -3.83. The van der Waals surface area contributed by atoms with Crippen LogP contribution in [0.2, 0.25) is 0 Å². The Balaban J connectivity index is 1.94. The predicted molar refractivity (Wildman–Crippen MR) is 110 cm³/mol. The second-order valence-corrected chi connectivity index (χ2v) is 8.04. The van der Waals surface area contributed by atoms with Gasteiger partial charge in [-0.15, -0.1) is 0 Å². The monoisotopic (exact) mass is 445 g/mol. The minimum absolute atomic E-state index is 0.0460. The first-order valence-corrected chi connectivity index (χ1v) is 10.2. The third kappa shape index (κ3) is 4.54. The number of nitrogens with zero attached hydrogens (tertiary/aromatic N) is 1. The van der Waals surface area contributed by atoms with Gasteiger partial charge < -0.3 is 5.32 Å². The Hall–Kier alpha value is -2.68. The normalized spacial score (nSPS) is 11.0. The molecule has 3 aromatic rings. The number of primary sulfonamides is 1. The van der Waals surface area contributed by atoms with Crippen LogP contribution in [0.1, 0.15) is 0 Å². The molecule has 0 saturated heterocycles. The average molecular weight is 446 g/mol. The molecule has 0 aliphatic carbocycles. The van der Waals surface area contributed by atoms with Crippen LogP contribution in [0.5, 0.6) is 0 Å². The molecule has 0 unspecified atom stereocenters. The lowest BCUT2D eigenvalue weighted by Gasteiger charge is -2.23. The van der Waals surface area contributed by atoms with Crippen LogP contribution >= 0.6 is 15.9 Å². The zero-order valence-electron chi connectivity index (χ0n) is 14.0. The number of hydrogen-bond acceptors (Lipinski definition) is 3. The first-order chi connectivity index (χ1) is 12.9. The fraction of sp³-hybridized carbons (Fsp3) is 0. The lowest BCUT2D eigenvalue weighted by molar-refractivity contribution is 0.259. The second-order valence-electron chi connectivity index (χ2n) is 5.62. The maximum absolute atomic E-state index is 13.0. The van der Waals surface area contributed by atoms with E-state index in [1.807, 2.05) is 60.7 Å². The summed E-state index contributed by atoms with van der Waals surface area (Å²) in [5.41, 5.74) is 1.81. The molecule has 0 heterocycles. The fourth-order valence-electron chi connectivity index (χ4n) is 2.48. The number of halogens is 1. The summed E-state index contributed by atoms with van der Waals surface area (Å²) < 4.78 is 23.3. The Labute approximate surface area is 165 Å². The maximum Gasteiger partial charge on any atom is 0.330 e. The van der Waals surface area contributed by atoms with Crippen molar-refractivity contribution in [2.75, 3.05) is 10.2 Å². The Morgan fingerprint density at radius 2 is 1.41 bits per heavy atom. The molecule has 0 aromatic heterocycles. The van der Waals surface area contributed by atoms with Gasteiger partial charge in [-0.1, -0.05) is 36.4 Å². The van der Waals surface area contributed by atoms with Gasteiger partial charge in [-0.3, -0.25) is 4.90 Å². The Morgan fingerprint density at radius 1 is 0.889 bits per heavy atom. The van der Waals surface area contributed by atoms with Gasteiger partial charge in [-0.2, -0.15) is 0 Å². The summed E-state index contributed by atoms with van der Waals surface area (Å²) in [7, 11) is -3.83. The first-order valence-electron chi connectivity index (χ1n) is 7.90. The van der Waals surface area contributed by atoms with Crippen molar-refractivity contribution < 1.29 is 13.2 Å². The summed E-state index contributed by atoms with van der Waals surface area (Å²) in [6.45, 7) is 0. The molecule has 0 fully saturated rings. The highest BCUT2D eigenvalue weighted by Gasteiger charge is 2.19. The van der Waals surface area contributed by atoms with E-state index in [0.717, 1.165) is 0 Å². The van der Waals surface area contributed by atoms with Crippen molar-refractivity contribution in [1.29, 1.82) is 0 Å². The van der Waals surface area contributed by atoms with Crippen LogP contribution in [0.4, 0.5) is 21.9 Å². The number of sulfonamides is 1. The second kappa shape index (κ2) is 7.91. The molecule has 0 saturated carbocycles. The lowest BCUT2D eigenvalue weighted by atomic mass is 10.2. The number of nitrogens with one attached hydrogen (secondary N) is 1. The van der Waals surface area contributed by atoms with Gasteiger partial charge in [-0.05, 0) is 58.4 Å². The Bertz CT molecular complexity index is 1020. The summed E-state index contributed by atoms with van der Waals surface area (Å²) in [5.74, 6) is 0. The number of benzene rings is 3. The van der Waals surface area contributed by atoms with E-state index in [9.17, 15) is 13.2 Å². The number of anilines is 3. The summed E-state index contributed by atoms with van der Waals surface area (Å²) in [6, 6.07) is 22.2. The van der Waals surface area contributed by atoms with Crippen molar-refractivity contribution in [1.82, 2.24) is 0 Å². The standard InChI is InChI=1S/C19H16BrN3O3S/c20-17-13-16(27(21,25)26)11-12-18(17)22-19(24)23(14-7-3-1-4-8-14)15-9-5-2-6-10-15/h1-13H,(H,22,24)(H2,21,25,26). The zero-order chi connectivity index (χ0) is 19.4. The van der Waals surface area contributed by atoms with E-state index in [0.29, 0.717) is 21.5 Å². The van der Waals surface area contributed by atoms with E-state index in [2.05, 4.69) is 21.2 Å². The van der Waals surface area contributed by atoms with Crippen LogP contribution in [-0.4, -0.2) is 14.4 Å². The van der Waals surface area contributed by atoms with E-state index in [1.54, 1.807) is 0 Å².